The molecule has 0 radical (unpaired) electrons. The lowest BCUT2D eigenvalue weighted by Crippen LogP contribution is -2.36. The average molecular weight is 355 g/mol. The summed E-state index contributed by atoms with van der Waals surface area (Å²) in [4.78, 5) is 16.6. The maximum absolute atomic E-state index is 12.4. The Morgan fingerprint density at radius 1 is 1.00 bits per heavy atom. The van der Waals surface area contributed by atoms with Crippen molar-refractivity contribution in [2.45, 2.75) is 27.0 Å². The lowest BCUT2D eigenvalue weighted by molar-refractivity contribution is 0.0481. The van der Waals surface area contributed by atoms with Crippen LogP contribution in [0.3, 0.4) is 0 Å². The Morgan fingerprint density at radius 2 is 1.58 bits per heavy atom. The van der Waals surface area contributed by atoms with E-state index in [4.69, 9.17) is 4.74 Å². The molecular formula is C21H29N3O2. The van der Waals surface area contributed by atoms with E-state index in [-0.39, 0.29) is 12.1 Å². The van der Waals surface area contributed by atoms with Gasteiger partial charge in [-0.2, -0.15) is 0 Å². The van der Waals surface area contributed by atoms with E-state index in [0.717, 1.165) is 30.2 Å². The highest BCUT2D eigenvalue weighted by molar-refractivity contribution is 6.04. The van der Waals surface area contributed by atoms with Gasteiger partial charge in [0.15, 0.2) is 0 Å². The molecule has 5 heteroatoms. The molecule has 5 nitrogen and oxygen atoms in total. The third kappa shape index (κ3) is 5.23. The van der Waals surface area contributed by atoms with Crippen molar-refractivity contribution in [2.75, 3.05) is 37.4 Å². The molecule has 0 fully saturated rings. The van der Waals surface area contributed by atoms with Gasteiger partial charge in [-0.3, -0.25) is 9.69 Å². The number of hydrogen-bond acceptors (Lipinski definition) is 4. The normalized spacial score (nSPS) is 11.9. The fraction of sp³-hybridized carbons (Fsp3) is 0.381. The number of anilines is 2. The van der Waals surface area contributed by atoms with Crippen LogP contribution in [0.5, 0.6) is 5.75 Å². The number of amides is 1. The van der Waals surface area contributed by atoms with Gasteiger partial charge in [-0.25, -0.2) is 0 Å². The molecule has 0 spiro atoms. The molecule has 1 amide bonds. The molecule has 0 saturated carbocycles. The predicted octanol–water partition coefficient (Wildman–Crippen LogP) is 4.07. The van der Waals surface area contributed by atoms with Crippen molar-refractivity contribution >= 4 is 17.3 Å². The summed E-state index contributed by atoms with van der Waals surface area (Å²) in [7, 11) is 3.94. The summed E-state index contributed by atoms with van der Waals surface area (Å²) in [6.07, 6.45) is 0.0145. The van der Waals surface area contributed by atoms with Crippen molar-refractivity contribution in [3.8, 4) is 5.75 Å². The van der Waals surface area contributed by atoms with Gasteiger partial charge in [0.1, 0.15) is 12.0 Å². The highest BCUT2D eigenvalue weighted by atomic mass is 16.5. The summed E-state index contributed by atoms with van der Waals surface area (Å²) in [5, 5.41) is 2.91. The maximum atomic E-state index is 12.4. The van der Waals surface area contributed by atoms with Gasteiger partial charge in [0.05, 0.1) is 0 Å². The van der Waals surface area contributed by atoms with Crippen LogP contribution in [-0.2, 0) is 0 Å². The fourth-order valence-electron chi connectivity index (χ4n) is 2.74. The van der Waals surface area contributed by atoms with Gasteiger partial charge >= 0.3 is 0 Å². The highest BCUT2D eigenvalue weighted by Crippen LogP contribution is 2.19. The predicted molar refractivity (Wildman–Crippen MR) is 108 cm³/mol. The number of carbonyl (C=O) groups is 1. The summed E-state index contributed by atoms with van der Waals surface area (Å²) in [6.45, 7) is 8.16. The third-order valence-electron chi connectivity index (χ3n) is 4.39. The second-order valence-corrected chi connectivity index (χ2v) is 6.36. The van der Waals surface area contributed by atoms with Crippen molar-refractivity contribution in [2.24, 2.45) is 0 Å². The molecule has 26 heavy (non-hydrogen) atoms. The van der Waals surface area contributed by atoms with Crippen LogP contribution in [0.25, 0.3) is 0 Å². The molecule has 1 N–H and O–H groups in total. The molecule has 1 atom stereocenters. The van der Waals surface area contributed by atoms with E-state index < -0.39 is 0 Å². The van der Waals surface area contributed by atoms with Crippen LogP contribution >= 0.6 is 0 Å². The number of rotatable bonds is 8. The van der Waals surface area contributed by atoms with Crippen molar-refractivity contribution in [1.82, 2.24) is 4.90 Å². The highest BCUT2D eigenvalue weighted by Gasteiger charge is 2.11. The monoisotopic (exact) mass is 355 g/mol. The first-order valence-electron chi connectivity index (χ1n) is 9.04. The number of ether oxygens (including phenoxy) is 1. The Morgan fingerprint density at radius 3 is 2.08 bits per heavy atom. The average Bonchev–Trinajstić information content (AvgIpc) is 2.64. The van der Waals surface area contributed by atoms with Crippen LogP contribution in [0.1, 0.15) is 31.1 Å². The standard InChI is InChI=1S/C21H29N3O2/c1-6-24(7-2)16(3)26-20-14-10-18(11-15-20)22-21(25)17-8-12-19(13-9-17)23(4)5/h8-16H,6-7H2,1-5H3,(H,22,25). The van der Waals surface area contributed by atoms with Gasteiger partial charge < -0.3 is 15.0 Å². The first-order valence-corrected chi connectivity index (χ1v) is 9.04. The number of nitrogens with zero attached hydrogens (tertiary/aromatic N) is 2. The minimum absolute atomic E-state index is 0.0145. The van der Waals surface area contributed by atoms with Crippen molar-refractivity contribution in [1.29, 1.82) is 0 Å². The van der Waals surface area contributed by atoms with Crippen molar-refractivity contribution < 1.29 is 9.53 Å². The van der Waals surface area contributed by atoms with E-state index in [1.54, 1.807) is 0 Å². The lowest BCUT2D eigenvalue weighted by atomic mass is 10.2. The summed E-state index contributed by atoms with van der Waals surface area (Å²) in [6, 6.07) is 15.0. The van der Waals surface area contributed by atoms with Gasteiger partial charge in [0.2, 0.25) is 0 Å². The molecule has 2 aromatic rings. The Balaban J connectivity index is 1.97. The lowest BCUT2D eigenvalue weighted by Gasteiger charge is -2.26. The van der Waals surface area contributed by atoms with E-state index in [9.17, 15) is 4.79 Å². The third-order valence-corrected chi connectivity index (χ3v) is 4.39. The van der Waals surface area contributed by atoms with Crippen LogP contribution in [0.4, 0.5) is 11.4 Å². The molecule has 0 aliphatic carbocycles. The summed E-state index contributed by atoms with van der Waals surface area (Å²) in [5.74, 6) is 0.665. The van der Waals surface area contributed by atoms with E-state index in [0.29, 0.717) is 5.56 Å². The molecular weight excluding hydrogens is 326 g/mol. The Kier molecular flexibility index (Phi) is 7.04. The van der Waals surface area contributed by atoms with Crippen LogP contribution in [0, 0.1) is 0 Å². The first-order chi connectivity index (χ1) is 12.4. The minimum Gasteiger partial charge on any atom is -0.475 e. The zero-order chi connectivity index (χ0) is 19.1. The molecule has 0 saturated heterocycles. The van der Waals surface area contributed by atoms with Crippen LogP contribution in [-0.4, -0.2) is 44.2 Å². The van der Waals surface area contributed by atoms with E-state index in [1.807, 2.05) is 74.4 Å². The van der Waals surface area contributed by atoms with E-state index in [2.05, 4.69) is 24.1 Å². The SMILES string of the molecule is CCN(CC)C(C)Oc1ccc(NC(=O)c2ccc(N(C)C)cc2)cc1. The first kappa shape index (κ1) is 19.8. The van der Waals surface area contributed by atoms with Crippen molar-refractivity contribution in [3.05, 3.63) is 54.1 Å². The maximum Gasteiger partial charge on any atom is 0.255 e. The number of carbonyl (C=O) groups excluding carboxylic acids is 1. The van der Waals surface area contributed by atoms with Gasteiger partial charge in [-0.15, -0.1) is 0 Å². The topological polar surface area (TPSA) is 44.8 Å². The molecule has 0 aliphatic rings. The molecule has 2 rings (SSSR count). The number of hydrogen-bond donors (Lipinski definition) is 1. The zero-order valence-corrected chi connectivity index (χ0v) is 16.3. The Labute approximate surface area is 156 Å². The smallest absolute Gasteiger partial charge is 0.255 e. The number of benzene rings is 2. The summed E-state index contributed by atoms with van der Waals surface area (Å²) < 4.78 is 5.95. The van der Waals surface area contributed by atoms with Gasteiger partial charge in [-0.1, -0.05) is 13.8 Å². The van der Waals surface area contributed by atoms with Gasteiger partial charge in [-0.05, 0) is 68.5 Å². The zero-order valence-electron chi connectivity index (χ0n) is 16.3. The molecule has 1 unspecified atom stereocenters. The summed E-state index contributed by atoms with van der Waals surface area (Å²) >= 11 is 0. The molecule has 2 aromatic carbocycles. The molecule has 140 valence electrons. The fourth-order valence-corrected chi connectivity index (χ4v) is 2.74. The quantitative estimate of drug-likeness (QED) is 0.725. The molecule has 0 aromatic heterocycles. The Hall–Kier alpha value is -2.53. The van der Waals surface area contributed by atoms with E-state index in [1.165, 1.54) is 0 Å². The largest absolute Gasteiger partial charge is 0.475 e. The van der Waals surface area contributed by atoms with Crippen LogP contribution in [0.2, 0.25) is 0 Å². The summed E-state index contributed by atoms with van der Waals surface area (Å²) in [5.41, 5.74) is 2.44. The number of nitrogens with one attached hydrogen (secondary N) is 1. The second kappa shape index (κ2) is 9.25. The van der Waals surface area contributed by atoms with Crippen LogP contribution < -0.4 is 15.0 Å². The second-order valence-electron chi connectivity index (χ2n) is 6.36. The van der Waals surface area contributed by atoms with E-state index >= 15 is 0 Å². The Bertz CT molecular complexity index is 692. The van der Waals surface area contributed by atoms with Gasteiger partial charge in [0, 0.05) is 31.0 Å². The molecule has 0 aliphatic heterocycles. The molecule has 0 bridgehead atoms. The van der Waals surface area contributed by atoms with Crippen LogP contribution in [0.15, 0.2) is 48.5 Å². The minimum atomic E-state index is -0.125. The van der Waals surface area contributed by atoms with Gasteiger partial charge in [0.25, 0.3) is 5.91 Å². The van der Waals surface area contributed by atoms with Crippen molar-refractivity contribution in [3.63, 3.8) is 0 Å². The molecule has 0 heterocycles.